The van der Waals surface area contributed by atoms with Crippen molar-refractivity contribution in [2.24, 2.45) is 5.41 Å². The average molecular weight is 299 g/mol. The summed E-state index contributed by atoms with van der Waals surface area (Å²) in [4.78, 5) is 11.0. The molecule has 1 amide bonds. The second-order valence-corrected chi connectivity index (χ2v) is 6.50. The van der Waals surface area contributed by atoms with Crippen LogP contribution in [0.2, 0.25) is 0 Å². The van der Waals surface area contributed by atoms with Crippen molar-refractivity contribution in [2.75, 3.05) is 0 Å². The van der Waals surface area contributed by atoms with Crippen LogP contribution in [0.5, 0.6) is 0 Å². The van der Waals surface area contributed by atoms with Gasteiger partial charge in [-0.2, -0.15) is 0 Å². The summed E-state index contributed by atoms with van der Waals surface area (Å²) >= 11 is 0. The van der Waals surface area contributed by atoms with Crippen LogP contribution in [-0.2, 0) is 4.79 Å². The number of rotatable bonds is 4. The van der Waals surface area contributed by atoms with Gasteiger partial charge >= 0.3 is 0 Å². The standard InChI is InChI=1S/C16H18F3NO.H2/c1-10-2-3-11(17)12(13(10)18)14(20-9-21)15-4-6-16(19,8-15)7-5-15;/h2-3,9,14H,4-8H2,1H3,(H,20,21);1H/t14-,15?,16?;/m1./s1. The molecule has 2 aliphatic rings. The predicted molar refractivity (Wildman–Crippen MR) is 74.5 cm³/mol. The van der Waals surface area contributed by atoms with E-state index in [1.54, 1.807) is 6.92 Å². The molecule has 0 aromatic heterocycles. The van der Waals surface area contributed by atoms with Crippen LogP contribution in [0, 0.1) is 24.0 Å². The minimum absolute atomic E-state index is 0. The molecule has 1 N–H and O–H groups in total. The molecule has 3 rings (SSSR count). The molecule has 1 atom stereocenters. The van der Waals surface area contributed by atoms with Crippen LogP contribution in [0.15, 0.2) is 12.1 Å². The van der Waals surface area contributed by atoms with Crippen molar-refractivity contribution in [2.45, 2.75) is 50.7 Å². The lowest BCUT2D eigenvalue weighted by Crippen LogP contribution is -2.36. The average Bonchev–Trinajstić information content (AvgIpc) is 2.97. The minimum atomic E-state index is -1.24. The van der Waals surface area contributed by atoms with Crippen LogP contribution < -0.4 is 5.32 Å². The van der Waals surface area contributed by atoms with E-state index in [0.717, 1.165) is 0 Å². The molecule has 0 heterocycles. The zero-order valence-electron chi connectivity index (χ0n) is 11.9. The van der Waals surface area contributed by atoms with E-state index in [4.69, 9.17) is 0 Å². The number of fused-ring (bicyclic) bond motifs is 2. The summed E-state index contributed by atoms with van der Waals surface area (Å²) in [5.41, 5.74) is -1.62. The first-order valence-corrected chi connectivity index (χ1v) is 7.24. The van der Waals surface area contributed by atoms with Gasteiger partial charge in [0, 0.05) is 6.99 Å². The number of amides is 1. The maximum absolute atomic E-state index is 14.4. The first-order chi connectivity index (χ1) is 9.91. The van der Waals surface area contributed by atoms with E-state index in [0.29, 0.717) is 37.7 Å². The van der Waals surface area contributed by atoms with Gasteiger partial charge < -0.3 is 5.32 Å². The monoisotopic (exact) mass is 299 g/mol. The molecule has 2 fully saturated rings. The van der Waals surface area contributed by atoms with E-state index in [-0.39, 0.29) is 13.4 Å². The molecule has 2 nitrogen and oxygen atoms in total. The van der Waals surface area contributed by atoms with Crippen molar-refractivity contribution >= 4 is 6.41 Å². The molecule has 2 bridgehead atoms. The molecule has 0 aliphatic heterocycles. The van der Waals surface area contributed by atoms with Crippen LogP contribution in [-0.4, -0.2) is 12.1 Å². The second kappa shape index (κ2) is 4.75. The van der Waals surface area contributed by atoms with Gasteiger partial charge in [0.15, 0.2) is 0 Å². The molecule has 2 aliphatic carbocycles. The lowest BCUT2D eigenvalue weighted by molar-refractivity contribution is -0.111. The van der Waals surface area contributed by atoms with Crippen molar-refractivity contribution in [3.8, 4) is 0 Å². The van der Waals surface area contributed by atoms with Crippen molar-refractivity contribution in [1.82, 2.24) is 5.32 Å². The minimum Gasteiger partial charge on any atom is -0.351 e. The van der Waals surface area contributed by atoms with Crippen molar-refractivity contribution in [3.63, 3.8) is 0 Å². The summed E-state index contributed by atoms with van der Waals surface area (Å²) in [5, 5.41) is 2.56. The Morgan fingerprint density at radius 3 is 2.48 bits per heavy atom. The zero-order chi connectivity index (χ0) is 15.3. The summed E-state index contributed by atoms with van der Waals surface area (Å²) in [6, 6.07) is 1.76. The Labute approximate surface area is 123 Å². The van der Waals surface area contributed by atoms with Gasteiger partial charge in [0.2, 0.25) is 6.41 Å². The highest BCUT2D eigenvalue weighted by Gasteiger charge is 2.59. The molecule has 0 spiro atoms. The highest BCUT2D eigenvalue weighted by molar-refractivity contribution is 5.49. The summed E-state index contributed by atoms with van der Waals surface area (Å²) < 4.78 is 43.0. The van der Waals surface area contributed by atoms with Gasteiger partial charge in [-0.1, -0.05) is 6.07 Å². The first kappa shape index (κ1) is 14.4. The van der Waals surface area contributed by atoms with Crippen LogP contribution in [0.4, 0.5) is 13.2 Å². The van der Waals surface area contributed by atoms with E-state index in [1.807, 2.05) is 0 Å². The van der Waals surface area contributed by atoms with Crippen LogP contribution >= 0.6 is 0 Å². The number of hydrogen-bond acceptors (Lipinski definition) is 1. The Kier molecular flexibility index (Phi) is 3.26. The van der Waals surface area contributed by atoms with E-state index < -0.39 is 28.8 Å². The molecule has 0 saturated heterocycles. The summed E-state index contributed by atoms with van der Waals surface area (Å²) in [5.74, 6) is -1.33. The molecule has 21 heavy (non-hydrogen) atoms. The van der Waals surface area contributed by atoms with Crippen molar-refractivity contribution in [3.05, 3.63) is 34.9 Å². The number of aryl methyl sites for hydroxylation is 1. The number of nitrogens with one attached hydrogen (secondary N) is 1. The Hall–Kier alpha value is -1.52. The lowest BCUT2D eigenvalue weighted by atomic mass is 9.74. The van der Waals surface area contributed by atoms with Gasteiger partial charge in [-0.15, -0.1) is 0 Å². The third-order valence-electron chi connectivity index (χ3n) is 5.27. The smallest absolute Gasteiger partial charge is 0.207 e. The van der Waals surface area contributed by atoms with Gasteiger partial charge in [0.25, 0.3) is 0 Å². The third-order valence-corrected chi connectivity index (χ3v) is 5.27. The van der Waals surface area contributed by atoms with E-state index in [9.17, 15) is 18.0 Å². The number of halogens is 3. The quantitative estimate of drug-likeness (QED) is 0.837. The largest absolute Gasteiger partial charge is 0.351 e. The molecule has 2 saturated carbocycles. The third kappa shape index (κ3) is 2.14. The van der Waals surface area contributed by atoms with Crippen molar-refractivity contribution < 1.29 is 19.4 Å². The highest BCUT2D eigenvalue weighted by atomic mass is 19.1. The number of benzene rings is 1. The molecule has 5 heteroatoms. The number of carbonyl (C=O) groups is 1. The first-order valence-electron chi connectivity index (χ1n) is 7.24. The van der Waals surface area contributed by atoms with Crippen LogP contribution in [0.1, 0.15) is 50.7 Å². The van der Waals surface area contributed by atoms with E-state index in [2.05, 4.69) is 5.32 Å². The number of hydrogen-bond donors (Lipinski definition) is 1. The summed E-state index contributed by atoms with van der Waals surface area (Å²) in [6.45, 7) is 1.55. The van der Waals surface area contributed by atoms with Gasteiger partial charge in [-0.3, -0.25) is 4.79 Å². The topological polar surface area (TPSA) is 29.1 Å². The number of carbonyl (C=O) groups excluding carboxylic acids is 1. The predicted octanol–water partition coefficient (Wildman–Crippen LogP) is 3.98. The van der Waals surface area contributed by atoms with Gasteiger partial charge in [-0.25, -0.2) is 13.2 Å². The van der Waals surface area contributed by atoms with Gasteiger partial charge in [-0.05, 0) is 56.1 Å². The molecular weight excluding hydrogens is 279 g/mol. The van der Waals surface area contributed by atoms with E-state index in [1.165, 1.54) is 12.1 Å². The maximum Gasteiger partial charge on any atom is 0.207 e. The SMILES string of the molecule is Cc1ccc(F)c([C@@H](NC=O)C23CCC(F)(CC2)C3)c1F.[HH]. The molecule has 0 unspecified atom stereocenters. The highest BCUT2D eigenvalue weighted by Crippen LogP contribution is 2.63. The molecule has 0 radical (unpaired) electrons. The summed E-state index contributed by atoms with van der Waals surface area (Å²) in [6.07, 6.45) is 2.61. The molecule has 1 aromatic carbocycles. The maximum atomic E-state index is 14.4. The Balaban J connectivity index is 0.00000176. The van der Waals surface area contributed by atoms with Gasteiger partial charge in [0.05, 0.1) is 6.04 Å². The van der Waals surface area contributed by atoms with Crippen LogP contribution in [0.25, 0.3) is 0 Å². The molecule has 1 aromatic rings. The Bertz CT molecular complexity index is 585. The van der Waals surface area contributed by atoms with E-state index >= 15 is 0 Å². The molecule has 116 valence electrons. The fraction of sp³-hybridized carbons (Fsp3) is 0.562. The van der Waals surface area contributed by atoms with Crippen LogP contribution in [0.3, 0.4) is 0 Å². The van der Waals surface area contributed by atoms with Gasteiger partial charge in [0.1, 0.15) is 17.3 Å². The lowest BCUT2D eigenvalue weighted by Gasteiger charge is -2.36. The van der Waals surface area contributed by atoms with Crippen molar-refractivity contribution in [1.29, 1.82) is 0 Å². The number of alkyl halides is 1. The zero-order valence-corrected chi connectivity index (χ0v) is 11.9. The Morgan fingerprint density at radius 1 is 1.29 bits per heavy atom. The second-order valence-electron chi connectivity index (χ2n) is 6.50. The summed E-state index contributed by atoms with van der Waals surface area (Å²) in [7, 11) is 0. The normalized spacial score (nSPS) is 32.2. The Morgan fingerprint density at radius 2 is 1.95 bits per heavy atom. The fourth-order valence-electron chi connectivity index (χ4n) is 4.15. The molecular formula is C16H20F3NO. The fourth-order valence-corrected chi connectivity index (χ4v) is 4.15.